The van der Waals surface area contributed by atoms with Crippen molar-refractivity contribution in [1.29, 1.82) is 0 Å². The molecule has 0 aromatic heterocycles. The Kier molecular flexibility index (Phi) is 5.36. The summed E-state index contributed by atoms with van der Waals surface area (Å²) in [6.07, 6.45) is 0. The average Bonchev–Trinajstić information content (AvgIpc) is 2.43. The highest BCUT2D eigenvalue weighted by Gasteiger charge is 2.10. The fourth-order valence-electron chi connectivity index (χ4n) is 1.88. The van der Waals surface area contributed by atoms with Crippen molar-refractivity contribution in [3.05, 3.63) is 56.6 Å². The van der Waals surface area contributed by atoms with Crippen LogP contribution in [0, 0.1) is 27.7 Å². The molecule has 0 spiro atoms. The summed E-state index contributed by atoms with van der Waals surface area (Å²) in [5, 5.41) is 1.71. The van der Waals surface area contributed by atoms with E-state index in [1.807, 2.05) is 13.8 Å². The third kappa shape index (κ3) is 3.30. The fraction of sp³-hybridized carbons (Fsp3) is 0.250. The van der Waals surface area contributed by atoms with E-state index in [1.54, 1.807) is 21.6 Å². The Hall–Kier alpha value is -0.280. The third-order valence-electron chi connectivity index (χ3n) is 3.28. The first-order valence-corrected chi connectivity index (χ1v) is 9.18. The molecule has 2 aromatic carbocycles. The second-order valence-electron chi connectivity index (χ2n) is 4.81. The summed E-state index contributed by atoms with van der Waals surface area (Å²) < 4.78 is 0. The molecule has 20 heavy (non-hydrogen) atoms. The average molecular weight is 343 g/mol. The monoisotopic (exact) mass is 342 g/mol. The molecule has 0 saturated carbocycles. The van der Waals surface area contributed by atoms with E-state index in [-0.39, 0.29) is 0 Å². The van der Waals surface area contributed by atoms with Crippen molar-refractivity contribution in [3.63, 3.8) is 0 Å². The SMILES string of the molecule is Cc1ccc(SSc2ccc(C)c(Cl)c2C)c(C)c1Cl. The lowest BCUT2D eigenvalue weighted by Crippen LogP contribution is -1.86. The van der Waals surface area contributed by atoms with E-state index >= 15 is 0 Å². The highest BCUT2D eigenvalue weighted by molar-refractivity contribution is 8.76. The summed E-state index contributed by atoms with van der Waals surface area (Å²) in [6.45, 7) is 8.18. The number of halogens is 2. The lowest BCUT2D eigenvalue weighted by molar-refractivity contribution is 1.26. The molecule has 0 heterocycles. The molecule has 0 nitrogen and oxygen atoms in total. The topological polar surface area (TPSA) is 0 Å². The highest BCUT2D eigenvalue weighted by Crippen LogP contribution is 2.43. The van der Waals surface area contributed by atoms with Gasteiger partial charge in [0.15, 0.2) is 0 Å². The van der Waals surface area contributed by atoms with Gasteiger partial charge >= 0.3 is 0 Å². The van der Waals surface area contributed by atoms with Crippen LogP contribution >= 0.6 is 44.8 Å². The molecule has 2 aromatic rings. The second kappa shape index (κ2) is 6.65. The summed E-state index contributed by atoms with van der Waals surface area (Å²) in [5.41, 5.74) is 4.52. The predicted molar refractivity (Wildman–Crippen MR) is 93.6 cm³/mol. The standard InChI is InChI=1S/C16H16Cl2S2/c1-9-5-7-13(11(3)15(9)17)19-20-14-8-6-10(2)16(18)12(14)4/h5-8H,1-4H3. The van der Waals surface area contributed by atoms with Gasteiger partial charge in [-0.3, -0.25) is 0 Å². The quantitative estimate of drug-likeness (QED) is 0.549. The normalized spacial score (nSPS) is 10.9. The predicted octanol–water partition coefficient (Wildman–Crippen LogP) is 7.03. The van der Waals surface area contributed by atoms with Gasteiger partial charge in [-0.15, -0.1) is 0 Å². The van der Waals surface area contributed by atoms with Crippen LogP contribution in [0.3, 0.4) is 0 Å². The van der Waals surface area contributed by atoms with Crippen LogP contribution in [0.15, 0.2) is 34.1 Å². The Bertz CT molecular complexity index is 594. The lowest BCUT2D eigenvalue weighted by atomic mass is 10.1. The summed E-state index contributed by atoms with van der Waals surface area (Å²) >= 11 is 12.6. The summed E-state index contributed by atoms with van der Waals surface area (Å²) in [4.78, 5) is 2.39. The highest BCUT2D eigenvalue weighted by atomic mass is 35.5. The maximum absolute atomic E-state index is 6.30. The largest absolute Gasteiger partial charge is 0.0837 e. The fourth-order valence-corrected chi connectivity index (χ4v) is 4.82. The van der Waals surface area contributed by atoms with Gasteiger partial charge in [0, 0.05) is 19.8 Å². The molecule has 4 heteroatoms. The van der Waals surface area contributed by atoms with Gasteiger partial charge in [-0.05, 0) is 62.1 Å². The Morgan fingerprint density at radius 3 is 1.35 bits per heavy atom. The molecule has 0 amide bonds. The van der Waals surface area contributed by atoms with E-state index in [4.69, 9.17) is 23.2 Å². The first-order valence-electron chi connectivity index (χ1n) is 6.27. The van der Waals surface area contributed by atoms with Gasteiger partial charge in [0.1, 0.15) is 0 Å². The molecule has 0 aliphatic heterocycles. The van der Waals surface area contributed by atoms with Gasteiger partial charge in [-0.1, -0.05) is 56.9 Å². The summed E-state index contributed by atoms with van der Waals surface area (Å²) in [5.74, 6) is 0. The maximum Gasteiger partial charge on any atom is 0.0475 e. The van der Waals surface area contributed by atoms with E-state index in [0.717, 1.165) is 32.3 Å². The molecular formula is C16H16Cl2S2. The molecule has 2 rings (SSSR count). The van der Waals surface area contributed by atoms with Gasteiger partial charge in [-0.2, -0.15) is 0 Å². The summed E-state index contributed by atoms with van der Waals surface area (Å²) in [6, 6.07) is 8.37. The number of hydrogen-bond acceptors (Lipinski definition) is 2. The molecule has 0 fully saturated rings. The Labute approximate surface area is 138 Å². The van der Waals surface area contributed by atoms with E-state index in [1.165, 1.54) is 9.79 Å². The molecule has 0 bridgehead atoms. The molecule has 0 N–H and O–H groups in total. The van der Waals surface area contributed by atoms with Gasteiger partial charge < -0.3 is 0 Å². The molecule has 0 atom stereocenters. The van der Waals surface area contributed by atoms with Crippen LogP contribution in [0.2, 0.25) is 10.0 Å². The molecule has 0 aliphatic carbocycles. The van der Waals surface area contributed by atoms with E-state index in [2.05, 4.69) is 38.1 Å². The molecule has 0 unspecified atom stereocenters. The maximum atomic E-state index is 6.30. The van der Waals surface area contributed by atoms with Gasteiger partial charge in [0.05, 0.1) is 0 Å². The second-order valence-corrected chi connectivity index (χ2v) is 7.77. The minimum atomic E-state index is 0.856. The van der Waals surface area contributed by atoms with Crippen LogP contribution in [0.25, 0.3) is 0 Å². The van der Waals surface area contributed by atoms with Crippen LogP contribution < -0.4 is 0 Å². The Morgan fingerprint density at radius 2 is 1.00 bits per heavy atom. The smallest absolute Gasteiger partial charge is 0.0475 e. The van der Waals surface area contributed by atoms with Crippen molar-refractivity contribution < 1.29 is 0 Å². The van der Waals surface area contributed by atoms with Crippen molar-refractivity contribution >= 4 is 44.8 Å². The van der Waals surface area contributed by atoms with Crippen molar-refractivity contribution in [3.8, 4) is 0 Å². The van der Waals surface area contributed by atoms with Gasteiger partial charge in [-0.25, -0.2) is 0 Å². The van der Waals surface area contributed by atoms with Crippen molar-refractivity contribution in [2.24, 2.45) is 0 Å². The van der Waals surface area contributed by atoms with Crippen molar-refractivity contribution in [2.75, 3.05) is 0 Å². The zero-order valence-electron chi connectivity index (χ0n) is 11.9. The van der Waals surface area contributed by atoms with E-state index in [9.17, 15) is 0 Å². The molecule has 0 radical (unpaired) electrons. The third-order valence-corrected chi connectivity index (χ3v) is 7.10. The van der Waals surface area contributed by atoms with E-state index < -0.39 is 0 Å². The number of rotatable bonds is 3. The summed E-state index contributed by atoms with van der Waals surface area (Å²) in [7, 11) is 3.45. The number of aryl methyl sites for hydroxylation is 2. The van der Waals surface area contributed by atoms with Crippen LogP contribution in [0.1, 0.15) is 22.3 Å². The molecule has 0 aliphatic rings. The zero-order valence-corrected chi connectivity index (χ0v) is 15.0. The van der Waals surface area contributed by atoms with Gasteiger partial charge in [0.2, 0.25) is 0 Å². The van der Waals surface area contributed by atoms with Crippen LogP contribution in [-0.2, 0) is 0 Å². The Morgan fingerprint density at radius 1 is 0.650 bits per heavy atom. The van der Waals surface area contributed by atoms with E-state index in [0.29, 0.717) is 0 Å². The van der Waals surface area contributed by atoms with Gasteiger partial charge in [0.25, 0.3) is 0 Å². The number of hydrogen-bond donors (Lipinski definition) is 0. The number of benzene rings is 2. The van der Waals surface area contributed by atoms with Crippen LogP contribution in [0.5, 0.6) is 0 Å². The minimum absolute atomic E-state index is 0.856. The van der Waals surface area contributed by atoms with Crippen LogP contribution in [-0.4, -0.2) is 0 Å². The van der Waals surface area contributed by atoms with Crippen molar-refractivity contribution in [1.82, 2.24) is 0 Å². The minimum Gasteiger partial charge on any atom is -0.0837 e. The first-order chi connectivity index (χ1) is 9.41. The van der Waals surface area contributed by atoms with Crippen LogP contribution in [0.4, 0.5) is 0 Å². The Balaban J connectivity index is 2.22. The molecule has 0 saturated heterocycles. The van der Waals surface area contributed by atoms with Crippen molar-refractivity contribution in [2.45, 2.75) is 37.5 Å². The molecule has 106 valence electrons. The first kappa shape index (κ1) is 16.1. The zero-order chi connectivity index (χ0) is 14.9. The lowest BCUT2D eigenvalue weighted by Gasteiger charge is -2.11. The molecular weight excluding hydrogens is 327 g/mol.